The van der Waals surface area contributed by atoms with Crippen LogP contribution >= 0.6 is 0 Å². The second kappa shape index (κ2) is 7.31. The average Bonchev–Trinajstić information content (AvgIpc) is 2.63. The van der Waals surface area contributed by atoms with Gasteiger partial charge in [-0.3, -0.25) is 4.79 Å². The SMILES string of the molecule is CN(Cc1ccc(N2CCOCC2)cc1)C(=O)c1cc[n+]([O-])cc1. The molecular formula is C18H21N3O3. The lowest BCUT2D eigenvalue weighted by molar-refractivity contribution is -0.605. The normalized spacial score (nSPS) is 14.5. The Morgan fingerprint density at radius 1 is 1.17 bits per heavy atom. The van der Waals surface area contributed by atoms with E-state index in [0.29, 0.717) is 16.8 Å². The molecule has 24 heavy (non-hydrogen) atoms. The number of benzene rings is 1. The Kier molecular flexibility index (Phi) is 4.96. The zero-order chi connectivity index (χ0) is 16.9. The molecule has 0 aliphatic carbocycles. The maximum absolute atomic E-state index is 12.4. The van der Waals surface area contributed by atoms with Gasteiger partial charge in [0.25, 0.3) is 5.91 Å². The molecule has 1 aromatic carbocycles. The third-order valence-corrected chi connectivity index (χ3v) is 4.13. The van der Waals surface area contributed by atoms with Crippen molar-refractivity contribution in [1.82, 2.24) is 4.90 Å². The van der Waals surface area contributed by atoms with E-state index in [1.807, 2.05) is 12.1 Å². The first kappa shape index (κ1) is 16.3. The van der Waals surface area contributed by atoms with Gasteiger partial charge in [0, 0.05) is 44.5 Å². The van der Waals surface area contributed by atoms with Gasteiger partial charge in [-0.15, -0.1) is 0 Å². The van der Waals surface area contributed by atoms with E-state index in [-0.39, 0.29) is 5.91 Å². The van der Waals surface area contributed by atoms with Crippen LogP contribution in [0.15, 0.2) is 48.8 Å². The minimum absolute atomic E-state index is 0.104. The van der Waals surface area contributed by atoms with Gasteiger partial charge in [-0.25, -0.2) is 0 Å². The highest BCUT2D eigenvalue weighted by Gasteiger charge is 2.14. The number of nitrogens with zero attached hydrogens (tertiary/aromatic N) is 3. The van der Waals surface area contributed by atoms with E-state index in [1.54, 1.807) is 11.9 Å². The lowest BCUT2D eigenvalue weighted by Crippen LogP contribution is -2.36. The van der Waals surface area contributed by atoms with Crippen molar-refractivity contribution in [3.8, 4) is 0 Å². The highest BCUT2D eigenvalue weighted by Crippen LogP contribution is 2.17. The fourth-order valence-corrected chi connectivity index (χ4v) is 2.76. The summed E-state index contributed by atoms with van der Waals surface area (Å²) < 4.78 is 6.03. The molecule has 1 fully saturated rings. The molecule has 1 aliphatic heterocycles. The number of hydrogen-bond donors (Lipinski definition) is 0. The Hall–Kier alpha value is -2.60. The van der Waals surface area contributed by atoms with Crippen LogP contribution in [0.5, 0.6) is 0 Å². The van der Waals surface area contributed by atoms with Crippen LogP contribution in [-0.2, 0) is 11.3 Å². The fraction of sp³-hybridized carbons (Fsp3) is 0.333. The van der Waals surface area contributed by atoms with Gasteiger partial charge in [0.05, 0.1) is 18.8 Å². The van der Waals surface area contributed by atoms with Crippen molar-refractivity contribution in [3.05, 3.63) is 65.1 Å². The summed E-state index contributed by atoms with van der Waals surface area (Å²) in [5.74, 6) is -0.104. The predicted octanol–water partition coefficient (Wildman–Crippen LogP) is 1.43. The zero-order valence-electron chi connectivity index (χ0n) is 13.7. The van der Waals surface area contributed by atoms with Gasteiger partial charge < -0.3 is 19.7 Å². The van der Waals surface area contributed by atoms with Crippen molar-refractivity contribution in [2.45, 2.75) is 6.54 Å². The monoisotopic (exact) mass is 327 g/mol. The van der Waals surface area contributed by atoms with Crippen molar-refractivity contribution in [3.63, 3.8) is 0 Å². The number of amides is 1. The van der Waals surface area contributed by atoms with Crippen molar-refractivity contribution < 1.29 is 14.3 Å². The van der Waals surface area contributed by atoms with Gasteiger partial charge in [0.1, 0.15) is 0 Å². The number of ether oxygens (including phenoxy) is 1. The Morgan fingerprint density at radius 2 is 1.79 bits per heavy atom. The molecular weight excluding hydrogens is 306 g/mol. The molecule has 1 aromatic heterocycles. The molecule has 2 heterocycles. The van der Waals surface area contributed by atoms with E-state index in [1.165, 1.54) is 30.2 Å². The maximum Gasteiger partial charge on any atom is 0.254 e. The van der Waals surface area contributed by atoms with Gasteiger partial charge in [-0.1, -0.05) is 12.1 Å². The van der Waals surface area contributed by atoms with Crippen LogP contribution < -0.4 is 9.63 Å². The fourth-order valence-electron chi connectivity index (χ4n) is 2.76. The molecule has 1 amide bonds. The number of hydrogen-bond acceptors (Lipinski definition) is 4. The van der Waals surface area contributed by atoms with Crippen LogP contribution in [-0.4, -0.2) is 44.2 Å². The summed E-state index contributed by atoms with van der Waals surface area (Å²) in [7, 11) is 1.76. The molecule has 1 aliphatic rings. The molecule has 3 rings (SSSR count). The van der Waals surface area contributed by atoms with Gasteiger partial charge in [0.2, 0.25) is 0 Å². The maximum atomic E-state index is 12.4. The Bertz CT molecular complexity index is 680. The molecule has 0 spiro atoms. The zero-order valence-corrected chi connectivity index (χ0v) is 13.7. The van der Waals surface area contributed by atoms with Gasteiger partial charge in [0.15, 0.2) is 12.4 Å². The van der Waals surface area contributed by atoms with Crippen molar-refractivity contribution in [1.29, 1.82) is 0 Å². The summed E-state index contributed by atoms with van der Waals surface area (Å²) in [6.07, 6.45) is 2.66. The first-order valence-corrected chi connectivity index (χ1v) is 7.99. The summed E-state index contributed by atoms with van der Waals surface area (Å²) in [6.45, 7) is 3.87. The third-order valence-electron chi connectivity index (χ3n) is 4.13. The van der Waals surface area contributed by atoms with E-state index >= 15 is 0 Å². The summed E-state index contributed by atoms with van der Waals surface area (Å²) in [4.78, 5) is 16.3. The highest BCUT2D eigenvalue weighted by molar-refractivity contribution is 5.93. The Labute approximate surface area is 141 Å². The minimum Gasteiger partial charge on any atom is -0.619 e. The number of morpholine rings is 1. The molecule has 2 aromatic rings. The topological polar surface area (TPSA) is 59.7 Å². The summed E-state index contributed by atoms with van der Waals surface area (Å²) >= 11 is 0. The lowest BCUT2D eigenvalue weighted by Gasteiger charge is -2.29. The van der Waals surface area contributed by atoms with Gasteiger partial charge >= 0.3 is 0 Å². The smallest absolute Gasteiger partial charge is 0.254 e. The third kappa shape index (κ3) is 3.83. The van der Waals surface area contributed by atoms with Gasteiger partial charge in [-0.2, -0.15) is 4.73 Å². The molecule has 0 saturated carbocycles. The van der Waals surface area contributed by atoms with Crippen LogP contribution in [0.2, 0.25) is 0 Å². The van der Waals surface area contributed by atoms with Gasteiger partial charge in [-0.05, 0) is 17.7 Å². The summed E-state index contributed by atoms with van der Waals surface area (Å²) in [6, 6.07) is 11.3. The molecule has 0 N–H and O–H groups in total. The molecule has 0 atom stereocenters. The largest absolute Gasteiger partial charge is 0.619 e. The quantitative estimate of drug-likeness (QED) is 0.630. The molecule has 0 unspecified atom stereocenters. The van der Waals surface area contributed by atoms with Crippen LogP contribution in [0.25, 0.3) is 0 Å². The molecule has 6 nitrogen and oxygen atoms in total. The summed E-state index contributed by atoms with van der Waals surface area (Å²) in [5, 5.41) is 11.0. The second-order valence-corrected chi connectivity index (χ2v) is 5.87. The number of carbonyl (C=O) groups is 1. The molecule has 6 heteroatoms. The first-order chi connectivity index (χ1) is 11.6. The van der Waals surface area contributed by atoms with E-state index in [2.05, 4.69) is 17.0 Å². The first-order valence-electron chi connectivity index (χ1n) is 7.99. The number of rotatable bonds is 4. The van der Waals surface area contributed by atoms with E-state index in [9.17, 15) is 10.0 Å². The molecule has 0 radical (unpaired) electrons. The Balaban J connectivity index is 1.62. The van der Waals surface area contributed by atoms with Crippen LogP contribution in [0.3, 0.4) is 0 Å². The van der Waals surface area contributed by atoms with E-state index < -0.39 is 0 Å². The number of aromatic nitrogens is 1. The highest BCUT2D eigenvalue weighted by atomic mass is 16.5. The molecule has 0 bridgehead atoms. The van der Waals surface area contributed by atoms with Crippen LogP contribution in [0, 0.1) is 5.21 Å². The van der Waals surface area contributed by atoms with E-state index in [0.717, 1.165) is 31.9 Å². The van der Waals surface area contributed by atoms with Crippen molar-refractivity contribution in [2.75, 3.05) is 38.3 Å². The number of anilines is 1. The predicted molar refractivity (Wildman–Crippen MR) is 90.7 cm³/mol. The van der Waals surface area contributed by atoms with Crippen molar-refractivity contribution in [2.24, 2.45) is 0 Å². The minimum atomic E-state index is -0.104. The average molecular weight is 327 g/mol. The van der Waals surface area contributed by atoms with Crippen molar-refractivity contribution >= 4 is 11.6 Å². The van der Waals surface area contributed by atoms with Crippen LogP contribution in [0.4, 0.5) is 5.69 Å². The molecule has 126 valence electrons. The second-order valence-electron chi connectivity index (χ2n) is 5.87. The van der Waals surface area contributed by atoms with Crippen LogP contribution in [0.1, 0.15) is 15.9 Å². The number of pyridine rings is 1. The standard InChI is InChI=1S/C18H21N3O3/c1-19(18(22)16-6-8-21(23)9-7-16)14-15-2-4-17(5-3-15)20-10-12-24-13-11-20/h2-9H,10-14H2,1H3. The lowest BCUT2D eigenvalue weighted by atomic mass is 10.1. The summed E-state index contributed by atoms with van der Waals surface area (Å²) in [5.41, 5.74) is 2.76. The Morgan fingerprint density at radius 3 is 2.42 bits per heavy atom. The number of carbonyl (C=O) groups excluding carboxylic acids is 1. The molecule has 1 saturated heterocycles. The van der Waals surface area contributed by atoms with E-state index in [4.69, 9.17) is 4.74 Å².